The van der Waals surface area contributed by atoms with Crippen molar-refractivity contribution in [3.8, 4) is 0 Å². The molecule has 0 saturated carbocycles. The van der Waals surface area contributed by atoms with Gasteiger partial charge in [0.15, 0.2) is 0 Å². The van der Waals surface area contributed by atoms with E-state index in [0.717, 1.165) is 10.0 Å². The fraction of sp³-hybridized carbons (Fsp3) is 0.400. The van der Waals surface area contributed by atoms with Gasteiger partial charge in [0.25, 0.3) is 5.91 Å². The highest BCUT2D eigenvalue weighted by Crippen LogP contribution is 2.12. The number of amides is 1. The number of nitrogens with one attached hydrogen (secondary N) is 1. The lowest BCUT2D eigenvalue weighted by Gasteiger charge is -2.06. The Morgan fingerprint density at radius 2 is 2.40 bits per heavy atom. The molecule has 0 radical (unpaired) electrons. The molecule has 1 amide bonds. The minimum Gasteiger partial charge on any atom is -0.383 e. The highest BCUT2D eigenvalue weighted by atomic mass is 79.9. The highest BCUT2D eigenvalue weighted by Gasteiger charge is 2.09. The molecular weight excluding hydrogens is 260 g/mol. The summed E-state index contributed by atoms with van der Waals surface area (Å²) in [6.45, 7) is 2.84. The van der Waals surface area contributed by atoms with Crippen LogP contribution in [0.3, 0.4) is 0 Å². The fourth-order valence-electron chi connectivity index (χ4n) is 1.13. The lowest BCUT2D eigenvalue weighted by atomic mass is 10.2. The van der Waals surface area contributed by atoms with Gasteiger partial charge in [-0.15, -0.1) is 0 Å². The Balaban J connectivity index is 2.65. The molecule has 0 spiro atoms. The van der Waals surface area contributed by atoms with Gasteiger partial charge in [-0.1, -0.05) is 0 Å². The maximum atomic E-state index is 11.6. The summed E-state index contributed by atoms with van der Waals surface area (Å²) >= 11 is 3.30. The summed E-state index contributed by atoms with van der Waals surface area (Å²) in [5.41, 5.74) is 1.30. The van der Waals surface area contributed by atoms with Crippen LogP contribution in [0.5, 0.6) is 0 Å². The maximum Gasteiger partial charge on any atom is 0.270 e. The van der Waals surface area contributed by atoms with E-state index in [9.17, 15) is 4.79 Å². The number of aromatic nitrogens is 1. The number of halogens is 1. The van der Waals surface area contributed by atoms with Crippen molar-refractivity contribution in [2.24, 2.45) is 0 Å². The van der Waals surface area contributed by atoms with E-state index in [1.165, 1.54) is 0 Å². The van der Waals surface area contributed by atoms with Gasteiger partial charge < -0.3 is 10.1 Å². The highest BCUT2D eigenvalue weighted by molar-refractivity contribution is 9.10. The van der Waals surface area contributed by atoms with Crippen molar-refractivity contribution in [2.45, 2.75) is 6.92 Å². The maximum absolute atomic E-state index is 11.6. The van der Waals surface area contributed by atoms with Crippen LogP contribution in [0, 0.1) is 6.92 Å². The Hall–Kier alpha value is -0.940. The minimum atomic E-state index is -0.169. The third-order valence-corrected chi connectivity index (χ3v) is 2.29. The number of methoxy groups -OCH3 is 1. The number of carbonyl (C=O) groups is 1. The molecular formula is C10H13BrN2O2. The first-order valence-electron chi connectivity index (χ1n) is 4.54. The van der Waals surface area contributed by atoms with E-state index in [1.807, 2.05) is 13.0 Å². The number of hydrogen-bond donors (Lipinski definition) is 1. The first-order chi connectivity index (χ1) is 7.15. The standard InChI is InChI=1S/C10H13BrN2O2/c1-7-5-8(11)6-13-9(7)10(14)12-3-4-15-2/h5-6H,3-4H2,1-2H3,(H,12,14). The molecule has 4 nitrogen and oxygen atoms in total. The molecule has 5 heteroatoms. The van der Waals surface area contributed by atoms with Gasteiger partial charge in [0.1, 0.15) is 5.69 Å². The number of hydrogen-bond acceptors (Lipinski definition) is 3. The Kier molecular flexibility index (Phi) is 4.71. The molecule has 15 heavy (non-hydrogen) atoms. The zero-order valence-electron chi connectivity index (χ0n) is 8.71. The molecule has 0 fully saturated rings. The summed E-state index contributed by atoms with van der Waals surface area (Å²) in [4.78, 5) is 15.7. The van der Waals surface area contributed by atoms with Crippen molar-refractivity contribution in [1.29, 1.82) is 0 Å². The van der Waals surface area contributed by atoms with Crippen LogP contribution in [-0.4, -0.2) is 31.2 Å². The van der Waals surface area contributed by atoms with E-state index in [1.54, 1.807) is 13.3 Å². The lowest BCUT2D eigenvalue weighted by Crippen LogP contribution is -2.28. The molecule has 0 atom stereocenters. The third-order valence-electron chi connectivity index (χ3n) is 1.85. The number of pyridine rings is 1. The van der Waals surface area contributed by atoms with Crippen molar-refractivity contribution < 1.29 is 9.53 Å². The van der Waals surface area contributed by atoms with Crippen molar-refractivity contribution in [1.82, 2.24) is 10.3 Å². The Morgan fingerprint density at radius 3 is 3.00 bits per heavy atom. The monoisotopic (exact) mass is 272 g/mol. The number of aryl methyl sites for hydroxylation is 1. The van der Waals surface area contributed by atoms with Crippen LogP contribution >= 0.6 is 15.9 Å². The molecule has 0 aliphatic heterocycles. The van der Waals surface area contributed by atoms with Crippen molar-refractivity contribution in [3.63, 3.8) is 0 Å². The largest absolute Gasteiger partial charge is 0.383 e. The zero-order chi connectivity index (χ0) is 11.3. The van der Waals surface area contributed by atoms with Gasteiger partial charge >= 0.3 is 0 Å². The van der Waals surface area contributed by atoms with E-state index in [-0.39, 0.29) is 5.91 Å². The zero-order valence-corrected chi connectivity index (χ0v) is 10.3. The van der Waals surface area contributed by atoms with Gasteiger partial charge in [-0.3, -0.25) is 4.79 Å². The van der Waals surface area contributed by atoms with Crippen LogP contribution in [-0.2, 0) is 4.74 Å². The molecule has 0 saturated heterocycles. The molecule has 1 aromatic rings. The van der Waals surface area contributed by atoms with Gasteiger partial charge in [0.05, 0.1) is 6.61 Å². The SMILES string of the molecule is COCCNC(=O)c1ncc(Br)cc1C. The van der Waals surface area contributed by atoms with Crippen molar-refractivity contribution >= 4 is 21.8 Å². The summed E-state index contributed by atoms with van der Waals surface area (Å²) in [6.07, 6.45) is 1.61. The van der Waals surface area contributed by atoms with Crippen LogP contribution in [0.1, 0.15) is 16.1 Å². The number of rotatable bonds is 4. The van der Waals surface area contributed by atoms with E-state index >= 15 is 0 Å². The quantitative estimate of drug-likeness (QED) is 0.846. The Bertz CT molecular complexity index is 355. The van der Waals surface area contributed by atoms with E-state index < -0.39 is 0 Å². The summed E-state index contributed by atoms with van der Waals surface area (Å²) < 4.78 is 5.70. The van der Waals surface area contributed by atoms with Crippen LogP contribution in [0.25, 0.3) is 0 Å². The van der Waals surface area contributed by atoms with Gasteiger partial charge in [-0.2, -0.15) is 0 Å². The fourth-order valence-corrected chi connectivity index (χ4v) is 1.57. The van der Waals surface area contributed by atoms with Gasteiger partial charge in [-0.25, -0.2) is 4.98 Å². The topological polar surface area (TPSA) is 51.2 Å². The Morgan fingerprint density at radius 1 is 1.67 bits per heavy atom. The van der Waals surface area contributed by atoms with Gasteiger partial charge in [0.2, 0.25) is 0 Å². The van der Waals surface area contributed by atoms with Crippen LogP contribution in [0.4, 0.5) is 0 Å². The smallest absolute Gasteiger partial charge is 0.270 e. The molecule has 1 aromatic heterocycles. The summed E-state index contributed by atoms with van der Waals surface area (Å²) in [5.74, 6) is -0.169. The number of nitrogens with zero attached hydrogens (tertiary/aromatic N) is 1. The van der Waals surface area contributed by atoms with E-state index in [0.29, 0.717) is 18.8 Å². The predicted molar refractivity (Wildman–Crippen MR) is 60.9 cm³/mol. The van der Waals surface area contributed by atoms with Crippen molar-refractivity contribution in [3.05, 3.63) is 28.0 Å². The molecule has 1 rings (SSSR count). The van der Waals surface area contributed by atoms with Crippen LogP contribution in [0.15, 0.2) is 16.7 Å². The minimum absolute atomic E-state index is 0.169. The number of ether oxygens (including phenoxy) is 1. The molecule has 1 N–H and O–H groups in total. The molecule has 0 bridgehead atoms. The molecule has 0 aromatic carbocycles. The van der Waals surface area contributed by atoms with Crippen LogP contribution < -0.4 is 5.32 Å². The van der Waals surface area contributed by atoms with Crippen molar-refractivity contribution in [2.75, 3.05) is 20.3 Å². The van der Waals surface area contributed by atoms with E-state index in [2.05, 4.69) is 26.2 Å². The summed E-state index contributed by atoms with van der Waals surface area (Å²) in [7, 11) is 1.59. The van der Waals surface area contributed by atoms with Gasteiger partial charge in [-0.05, 0) is 34.5 Å². The average Bonchev–Trinajstić information content (AvgIpc) is 2.17. The second-order valence-electron chi connectivity index (χ2n) is 3.07. The lowest BCUT2D eigenvalue weighted by molar-refractivity contribution is 0.0931. The second kappa shape index (κ2) is 5.82. The number of carbonyl (C=O) groups excluding carboxylic acids is 1. The normalized spacial score (nSPS) is 10.1. The summed E-state index contributed by atoms with van der Waals surface area (Å²) in [6, 6.07) is 1.86. The first kappa shape index (κ1) is 12.1. The second-order valence-corrected chi connectivity index (χ2v) is 3.98. The van der Waals surface area contributed by atoms with Crippen LogP contribution in [0.2, 0.25) is 0 Å². The van der Waals surface area contributed by atoms with E-state index in [4.69, 9.17) is 4.74 Å². The molecule has 0 aliphatic rings. The predicted octanol–water partition coefficient (Wildman–Crippen LogP) is 1.53. The molecule has 1 heterocycles. The molecule has 0 aliphatic carbocycles. The van der Waals surface area contributed by atoms with Gasteiger partial charge in [0, 0.05) is 24.3 Å². The Labute approximate surface area is 97.2 Å². The molecule has 82 valence electrons. The average molecular weight is 273 g/mol. The molecule has 0 unspecified atom stereocenters. The summed E-state index contributed by atoms with van der Waals surface area (Å²) in [5, 5.41) is 2.72. The first-order valence-corrected chi connectivity index (χ1v) is 5.33. The third kappa shape index (κ3) is 3.60.